The molecule has 0 fully saturated rings. The fraction of sp³-hybridized carbons (Fsp3) is 0.154. The summed E-state index contributed by atoms with van der Waals surface area (Å²) < 4.78 is 13.7. The van der Waals surface area contributed by atoms with Crippen LogP contribution in [0.5, 0.6) is 0 Å². The molecule has 1 aromatic heterocycles. The highest BCUT2D eigenvalue weighted by Crippen LogP contribution is 2.23. The van der Waals surface area contributed by atoms with Gasteiger partial charge in [-0.25, -0.2) is 4.39 Å². The first kappa shape index (κ1) is 12.3. The summed E-state index contributed by atoms with van der Waals surface area (Å²) >= 11 is 7.18. The predicted octanol–water partition coefficient (Wildman–Crippen LogP) is 4.27. The highest BCUT2D eigenvalue weighted by molar-refractivity contribution is 7.16. The van der Waals surface area contributed by atoms with Crippen molar-refractivity contribution in [2.24, 2.45) is 0 Å². The molecule has 0 unspecified atom stereocenters. The van der Waals surface area contributed by atoms with Crippen LogP contribution in [0.1, 0.15) is 20.8 Å². The third kappa shape index (κ3) is 2.93. The Kier molecular flexibility index (Phi) is 3.60. The number of Topliss-reactive ketones (excluding diaryl/α,β-unsaturated/α-hetero) is 1. The topological polar surface area (TPSA) is 17.1 Å². The molecule has 88 valence electrons. The summed E-state index contributed by atoms with van der Waals surface area (Å²) in [6, 6.07) is 8.02. The fourth-order valence-electron chi connectivity index (χ4n) is 1.53. The monoisotopic (exact) mass is 268 g/mol. The molecule has 0 aliphatic rings. The van der Waals surface area contributed by atoms with Gasteiger partial charge in [0.25, 0.3) is 0 Å². The molecule has 2 aromatic rings. The van der Waals surface area contributed by atoms with E-state index >= 15 is 0 Å². The second-order valence-electron chi connectivity index (χ2n) is 3.77. The lowest BCUT2D eigenvalue weighted by Crippen LogP contribution is -2.03. The summed E-state index contributed by atoms with van der Waals surface area (Å²) in [5.74, 6) is -0.313. The summed E-state index contributed by atoms with van der Waals surface area (Å²) in [6.45, 7) is 1.65. The van der Waals surface area contributed by atoms with Crippen molar-refractivity contribution in [2.75, 3.05) is 0 Å². The van der Waals surface area contributed by atoms with Crippen LogP contribution in [0.3, 0.4) is 0 Å². The Morgan fingerprint density at radius 3 is 2.71 bits per heavy atom. The first-order chi connectivity index (χ1) is 8.06. The van der Waals surface area contributed by atoms with Gasteiger partial charge in [0.2, 0.25) is 0 Å². The van der Waals surface area contributed by atoms with Gasteiger partial charge < -0.3 is 0 Å². The maximum Gasteiger partial charge on any atom is 0.168 e. The zero-order chi connectivity index (χ0) is 12.4. The summed E-state index contributed by atoms with van der Waals surface area (Å²) in [6.07, 6.45) is 0.308. The lowest BCUT2D eigenvalue weighted by molar-refractivity contribution is 0.0993. The van der Waals surface area contributed by atoms with Crippen molar-refractivity contribution < 1.29 is 9.18 Å². The van der Waals surface area contributed by atoms with Gasteiger partial charge in [0.1, 0.15) is 5.82 Å². The van der Waals surface area contributed by atoms with Crippen molar-refractivity contribution in [1.82, 2.24) is 0 Å². The molecule has 4 heteroatoms. The minimum Gasteiger partial charge on any atom is -0.294 e. The molecule has 0 bridgehead atoms. The van der Waals surface area contributed by atoms with E-state index in [9.17, 15) is 9.18 Å². The highest BCUT2D eigenvalue weighted by Gasteiger charge is 2.10. The molecule has 1 heterocycles. The number of benzene rings is 1. The van der Waals surface area contributed by atoms with Gasteiger partial charge in [0, 0.05) is 16.9 Å². The van der Waals surface area contributed by atoms with Gasteiger partial charge in [-0.05, 0) is 42.8 Å². The molecule has 2 rings (SSSR count). The highest BCUT2D eigenvalue weighted by atomic mass is 35.5. The number of rotatable bonds is 3. The van der Waals surface area contributed by atoms with Gasteiger partial charge in [-0.2, -0.15) is 0 Å². The van der Waals surface area contributed by atoms with Gasteiger partial charge in [-0.15, -0.1) is 11.3 Å². The standard InChI is InChI=1S/C13H10ClFOS/c1-8-6-9(2-4-11(8)15)12(16)7-10-3-5-13(14)17-10/h2-6H,7H2,1H3. The smallest absolute Gasteiger partial charge is 0.168 e. The van der Waals surface area contributed by atoms with Crippen LogP contribution in [0.4, 0.5) is 4.39 Å². The lowest BCUT2D eigenvalue weighted by Gasteiger charge is -2.01. The van der Waals surface area contributed by atoms with E-state index in [4.69, 9.17) is 11.6 Å². The molecule has 17 heavy (non-hydrogen) atoms. The van der Waals surface area contributed by atoms with Gasteiger partial charge in [0.05, 0.1) is 4.34 Å². The van der Waals surface area contributed by atoms with Crippen LogP contribution in [0.25, 0.3) is 0 Å². The zero-order valence-electron chi connectivity index (χ0n) is 9.17. The van der Waals surface area contributed by atoms with Gasteiger partial charge in [-0.3, -0.25) is 4.79 Å². The van der Waals surface area contributed by atoms with Crippen molar-refractivity contribution in [3.63, 3.8) is 0 Å². The van der Waals surface area contributed by atoms with E-state index < -0.39 is 0 Å². The SMILES string of the molecule is Cc1cc(C(=O)Cc2ccc(Cl)s2)ccc1F. The van der Waals surface area contributed by atoms with Crippen LogP contribution < -0.4 is 0 Å². The second kappa shape index (κ2) is 4.98. The maximum absolute atomic E-state index is 13.1. The van der Waals surface area contributed by atoms with Crippen molar-refractivity contribution in [1.29, 1.82) is 0 Å². The third-order valence-corrected chi connectivity index (χ3v) is 3.67. The number of carbonyl (C=O) groups excluding carboxylic acids is 1. The van der Waals surface area contributed by atoms with E-state index in [0.717, 1.165) is 4.88 Å². The summed E-state index contributed by atoms with van der Waals surface area (Å²) in [5.41, 5.74) is 1.02. The second-order valence-corrected chi connectivity index (χ2v) is 5.57. The first-order valence-corrected chi connectivity index (χ1v) is 6.29. The van der Waals surface area contributed by atoms with E-state index in [1.165, 1.54) is 23.5 Å². The number of hydrogen-bond acceptors (Lipinski definition) is 2. The Labute approximate surface area is 108 Å². The lowest BCUT2D eigenvalue weighted by atomic mass is 10.0. The minimum absolute atomic E-state index is 0.0217. The average Bonchev–Trinajstić information content (AvgIpc) is 2.68. The molecular formula is C13H10ClFOS. The molecular weight excluding hydrogens is 259 g/mol. The molecule has 1 aromatic carbocycles. The molecule has 0 saturated heterocycles. The van der Waals surface area contributed by atoms with Crippen molar-refractivity contribution in [2.45, 2.75) is 13.3 Å². The number of carbonyl (C=O) groups is 1. The van der Waals surface area contributed by atoms with Crippen LogP contribution in [-0.4, -0.2) is 5.78 Å². The van der Waals surface area contributed by atoms with Crippen molar-refractivity contribution >= 4 is 28.7 Å². The maximum atomic E-state index is 13.1. The Morgan fingerprint density at radius 2 is 2.12 bits per heavy atom. The molecule has 0 N–H and O–H groups in total. The molecule has 0 atom stereocenters. The minimum atomic E-state index is -0.291. The Hall–Kier alpha value is -1.19. The Balaban J connectivity index is 2.17. The number of ketones is 1. The molecule has 0 radical (unpaired) electrons. The first-order valence-electron chi connectivity index (χ1n) is 5.10. The van der Waals surface area contributed by atoms with Crippen LogP contribution in [0.2, 0.25) is 4.34 Å². The molecule has 0 saturated carbocycles. The van der Waals surface area contributed by atoms with E-state index in [0.29, 0.717) is 21.9 Å². The quantitative estimate of drug-likeness (QED) is 0.760. The largest absolute Gasteiger partial charge is 0.294 e. The molecule has 1 nitrogen and oxygen atoms in total. The Morgan fingerprint density at radius 1 is 1.35 bits per heavy atom. The molecule has 0 amide bonds. The molecule has 0 aliphatic carbocycles. The number of thiophene rings is 1. The average molecular weight is 269 g/mol. The third-order valence-electron chi connectivity index (χ3n) is 2.44. The molecule has 0 aliphatic heterocycles. The van der Waals surface area contributed by atoms with Gasteiger partial charge >= 0.3 is 0 Å². The van der Waals surface area contributed by atoms with Crippen molar-refractivity contribution in [3.8, 4) is 0 Å². The predicted molar refractivity (Wildman–Crippen MR) is 68.5 cm³/mol. The molecule has 0 spiro atoms. The summed E-state index contributed by atoms with van der Waals surface area (Å²) in [4.78, 5) is 12.8. The van der Waals surface area contributed by atoms with Crippen LogP contribution >= 0.6 is 22.9 Å². The number of halogens is 2. The van der Waals surface area contributed by atoms with E-state index in [-0.39, 0.29) is 11.6 Å². The normalized spacial score (nSPS) is 10.5. The van der Waals surface area contributed by atoms with Crippen molar-refractivity contribution in [3.05, 3.63) is 56.5 Å². The van der Waals surface area contributed by atoms with Gasteiger partial charge in [-0.1, -0.05) is 11.6 Å². The van der Waals surface area contributed by atoms with E-state index in [1.807, 2.05) is 6.07 Å². The fourth-order valence-corrected chi connectivity index (χ4v) is 2.61. The summed E-state index contributed by atoms with van der Waals surface area (Å²) in [7, 11) is 0. The summed E-state index contributed by atoms with van der Waals surface area (Å²) in [5, 5.41) is 0. The van der Waals surface area contributed by atoms with E-state index in [2.05, 4.69) is 0 Å². The van der Waals surface area contributed by atoms with Crippen LogP contribution in [-0.2, 0) is 6.42 Å². The number of aryl methyl sites for hydroxylation is 1. The van der Waals surface area contributed by atoms with E-state index in [1.54, 1.807) is 19.1 Å². The number of hydrogen-bond donors (Lipinski definition) is 0. The Bertz CT molecular complexity index is 562. The van der Waals surface area contributed by atoms with Crippen LogP contribution in [0, 0.1) is 12.7 Å². The van der Waals surface area contributed by atoms with Gasteiger partial charge in [0.15, 0.2) is 5.78 Å². The zero-order valence-corrected chi connectivity index (χ0v) is 10.7. The van der Waals surface area contributed by atoms with Crippen LogP contribution in [0.15, 0.2) is 30.3 Å².